The Morgan fingerprint density at radius 3 is 2.65 bits per heavy atom. The maximum absolute atomic E-state index is 4.63. The molecule has 0 amide bonds. The predicted octanol–water partition coefficient (Wildman–Crippen LogP) is 3.72. The average molecular weight is 342 g/mol. The predicted molar refractivity (Wildman–Crippen MR) is 108 cm³/mol. The second kappa shape index (κ2) is 6.46. The van der Waals surface area contributed by atoms with E-state index in [-0.39, 0.29) is 0 Å². The Hall–Kier alpha value is -2.85. The minimum absolute atomic E-state index is 0.842. The van der Waals surface area contributed by atoms with E-state index in [0.717, 1.165) is 43.8 Å². The van der Waals surface area contributed by atoms with Crippen molar-refractivity contribution >= 4 is 27.4 Å². The third kappa shape index (κ3) is 2.72. The van der Waals surface area contributed by atoms with Crippen LogP contribution in [0.1, 0.15) is 11.3 Å². The van der Waals surface area contributed by atoms with Crippen molar-refractivity contribution < 1.29 is 0 Å². The lowest BCUT2D eigenvalue weighted by Crippen LogP contribution is -2.43. The average Bonchev–Trinajstić information content (AvgIpc) is 3.11. The number of anilines is 1. The fourth-order valence-corrected chi connectivity index (χ4v) is 3.95. The quantitative estimate of drug-likeness (QED) is 0.596. The van der Waals surface area contributed by atoms with Crippen LogP contribution in [0.5, 0.6) is 0 Å². The van der Waals surface area contributed by atoms with Crippen LogP contribution in [0.2, 0.25) is 0 Å². The molecule has 0 unspecified atom stereocenters. The second-order valence-electron chi connectivity index (χ2n) is 6.95. The van der Waals surface area contributed by atoms with Gasteiger partial charge >= 0.3 is 0 Å². The van der Waals surface area contributed by atoms with Crippen molar-refractivity contribution in [3.63, 3.8) is 0 Å². The van der Waals surface area contributed by atoms with Crippen LogP contribution in [0.15, 0.2) is 60.7 Å². The fraction of sp³-hybridized carbons (Fsp3) is 0.227. The van der Waals surface area contributed by atoms with Gasteiger partial charge < -0.3 is 10.2 Å². The monoisotopic (exact) mass is 342 g/mol. The van der Waals surface area contributed by atoms with Crippen LogP contribution < -0.4 is 10.2 Å². The normalized spacial score (nSPS) is 15.0. The number of H-pyrrole nitrogens is 1. The van der Waals surface area contributed by atoms with Gasteiger partial charge in [-0.1, -0.05) is 42.5 Å². The first kappa shape index (κ1) is 15.4. The molecule has 0 saturated carbocycles. The first-order valence-corrected chi connectivity index (χ1v) is 9.28. The first-order chi connectivity index (χ1) is 12.9. The number of hydrogen-bond donors (Lipinski definition) is 2. The molecule has 1 fully saturated rings. The molecule has 2 heterocycles. The maximum Gasteiger partial charge on any atom is 0.0744 e. The van der Waals surface area contributed by atoms with Crippen molar-refractivity contribution in [3.8, 4) is 0 Å². The molecule has 1 aliphatic heterocycles. The number of nitrogens with zero attached hydrogens (tertiary/aromatic N) is 2. The summed E-state index contributed by atoms with van der Waals surface area (Å²) in [5, 5.41) is 15.1. The number of hydrogen-bond acceptors (Lipinski definition) is 3. The standard InChI is InChI=1S/C22H22N4/c1-2-7-19-16(4-1)5-3-6-17(19)14-21-20-9-8-18(15-22(20)25-24-21)26-12-10-23-11-13-26/h1-9,15,23H,10-14H2,(H,24,25). The zero-order valence-corrected chi connectivity index (χ0v) is 14.7. The van der Waals surface area contributed by atoms with Gasteiger partial charge in [-0.05, 0) is 34.5 Å². The summed E-state index contributed by atoms with van der Waals surface area (Å²) in [5.74, 6) is 0. The Morgan fingerprint density at radius 2 is 1.73 bits per heavy atom. The lowest BCUT2D eigenvalue weighted by molar-refractivity contribution is 0.589. The summed E-state index contributed by atoms with van der Waals surface area (Å²) >= 11 is 0. The number of nitrogens with one attached hydrogen (secondary N) is 2. The number of aromatic nitrogens is 2. The molecule has 1 saturated heterocycles. The molecule has 3 aromatic carbocycles. The first-order valence-electron chi connectivity index (χ1n) is 9.28. The molecular weight excluding hydrogens is 320 g/mol. The molecule has 0 spiro atoms. The zero-order chi connectivity index (χ0) is 17.3. The topological polar surface area (TPSA) is 44.0 Å². The summed E-state index contributed by atoms with van der Waals surface area (Å²) in [6.45, 7) is 4.21. The van der Waals surface area contributed by atoms with E-state index in [1.54, 1.807) is 0 Å². The molecule has 0 atom stereocenters. The number of fused-ring (bicyclic) bond motifs is 2. The van der Waals surface area contributed by atoms with Crippen molar-refractivity contribution in [2.75, 3.05) is 31.1 Å². The van der Waals surface area contributed by atoms with Crippen LogP contribution in [0, 0.1) is 0 Å². The van der Waals surface area contributed by atoms with Crippen LogP contribution in [0.3, 0.4) is 0 Å². The highest BCUT2D eigenvalue weighted by Gasteiger charge is 2.13. The van der Waals surface area contributed by atoms with Gasteiger partial charge in [0.05, 0.1) is 11.2 Å². The molecule has 0 radical (unpaired) electrons. The van der Waals surface area contributed by atoms with E-state index in [9.17, 15) is 0 Å². The van der Waals surface area contributed by atoms with Gasteiger partial charge in [-0.15, -0.1) is 0 Å². The van der Waals surface area contributed by atoms with Crippen LogP contribution in [-0.4, -0.2) is 36.4 Å². The lowest BCUT2D eigenvalue weighted by atomic mass is 9.99. The Labute approximate surface area is 152 Å². The minimum atomic E-state index is 0.842. The number of rotatable bonds is 3. The largest absolute Gasteiger partial charge is 0.369 e. The lowest BCUT2D eigenvalue weighted by Gasteiger charge is -2.29. The summed E-state index contributed by atoms with van der Waals surface area (Å²) in [4.78, 5) is 2.43. The summed E-state index contributed by atoms with van der Waals surface area (Å²) in [7, 11) is 0. The van der Waals surface area contributed by atoms with E-state index in [4.69, 9.17) is 0 Å². The van der Waals surface area contributed by atoms with E-state index >= 15 is 0 Å². The molecule has 0 bridgehead atoms. The van der Waals surface area contributed by atoms with Crippen molar-refractivity contribution in [3.05, 3.63) is 71.9 Å². The van der Waals surface area contributed by atoms with Crippen LogP contribution >= 0.6 is 0 Å². The second-order valence-corrected chi connectivity index (χ2v) is 6.95. The smallest absolute Gasteiger partial charge is 0.0744 e. The highest BCUT2D eigenvalue weighted by molar-refractivity contribution is 5.88. The Bertz CT molecular complexity index is 1050. The molecule has 1 aliphatic rings. The van der Waals surface area contributed by atoms with Crippen molar-refractivity contribution in [2.45, 2.75) is 6.42 Å². The van der Waals surface area contributed by atoms with Gasteiger partial charge in [0.15, 0.2) is 0 Å². The van der Waals surface area contributed by atoms with E-state index in [2.05, 4.69) is 81.1 Å². The van der Waals surface area contributed by atoms with Crippen molar-refractivity contribution in [1.82, 2.24) is 15.5 Å². The summed E-state index contributed by atoms with van der Waals surface area (Å²) in [6.07, 6.45) is 0.842. The summed E-state index contributed by atoms with van der Waals surface area (Å²) < 4.78 is 0. The van der Waals surface area contributed by atoms with Crippen LogP contribution in [-0.2, 0) is 6.42 Å². The van der Waals surface area contributed by atoms with Gasteiger partial charge in [0.25, 0.3) is 0 Å². The SMILES string of the molecule is c1ccc2c(Cc3n[nH]c4cc(N5CCNCC5)ccc34)cccc2c1. The highest BCUT2D eigenvalue weighted by Crippen LogP contribution is 2.27. The van der Waals surface area contributed by atoms with Crippen LogP contribution in [0.4, 0.5) is 5.69 Å². The molecule has 5 rings (SSSR count). The Kier molecular flexibility index (Phi) is 3.83. The highest BCUT2D eigenvalue weighted by atomic mass is 15.2. The van der Waals surface area contributed by atoms with E-state index in [1.165, 1.54) is 27.4 Å². The van der Waals surface area contributed by atoms with Gasteiger partial charge in [0.1, 0.15) is 0 Å². The fourth-order valence-electron chi connectivity index (χ4n) is 3.95. The van der Waals surface area contributed by atoms with Gasteiger partial charge in [-0.3, -0.25) is 5.10 Å². The maximum atomic E-state index is 4.63. The number of benzene rings is 3. The molecule has 2 N–H and O–H groups in total. The van der Waals surface area contributed by atoms with E-state index in [0.29, 0.717) is 0 Å². The summed E-state index contributed by atoms with van der Waals surface area (Å²) in [6, 6.07) is 21.8. The molecule has 130 valence electrons. The molecular formula is C22H22N4. The zero-order valence-electron chi connectivity index (χ0n) is 14.7. The van der Waals surface area contributed by atoms with Crippen LogP contribution in [0.25, 0.3) is 21.7 Å². The molecule has 4 aromatic rings. The Morgan fingerprint density at radius 1 is 0.885 bits per heavy atom. The molecule has 4 nitrogen and oxygen atoms in total. The Balaban J connectivity index is 1.49. The molecule has 0 aliphatic carbocycles. The summed E-state index contributed by atoms with van der Waals surface area (Å²) in [5.41, 5.74) is 4.83. The van der Waals surface area contributed by atoms with E-state index in [1.807, 2.05) is 0 Å². The van der Waals surface area contributed by atoms with Crippen molar-refractivity contribution in [2.24, 2.45) is 0 Å². The number of aromatic amines is 1. The number of piperazine rings is 1. The molecule has 1 aromatic heterocycles. The van der Waals surface area contributed by atoms with Gasteiger partial charge in [0.2, 0.25) is 0 Å². The van der Waals surface area contributed by atoms with Gasteiger partial charge in [-0.2, -0.15) is 5.10 Å². The van der Waals surface area contributed by atoms with E-state index < -0.39 is 0 Å². The van der Waals surface area contributed by atoms with Crippen molar-refractivity contribution in [1.29, 1.82) is 0 Å². The molecule has 4 heteroatoms. The van der Waals surface area contributed by atoms with Gasteiger partial charge in [0, 0.05) is 43.7 Å². The third-order valence-corrected chi connectivity index (χ3v) is 5.35. The third-order valence-electron chi connectivity index (χ3n) is 5.35. The minimum Gasteiger partial charge on any atom is -0.369 e. The molecule has 26 heavy (non-hydrogen) atoms. The van der Waals surface area contributed by atoms with Gasteiger partial charge in [-0.25, -0.2) is 0 Å².